The quantitative estimate of drug-likeness (QED) is 0.819. The van der Waals surface area contributed by atoms with E-state index >= 15 is 0 Å². The fraction of sp³-hybridized carbons (Fsp3) is 0. The Morgan fingerprint density at radius 3 is 2.69 bits per heavy atom. The minimum atomic E-state index is -3.81. The number of aromatic nitrogens is 2. The number of hydrogen-bond acceptors (Lipinski definition) is 4. The van der Waals surface area contributed by atoms with Gasteiger partial charge in [0.25, 0.3) is 0 Å². The molecule has 0 fully saturated rings. The van der Waals surface area contributed by atoms with Crippen molar-refractivity contribution in [3.05, 3.63) is 36.3 Å². The highest BCUT2D eigenvalue weighted by atomic mass is 32.2. The van der Waals surface area contributed by atoms with Crippen molar-refractivity contribution in [1.82, 2.24) is 10.2 Å². The summed E-state index contributed by atoms with van der Waals surface area (Å²) in [5, 5.41) is 5.83. The summed E-state index contributed by atoms with van der Waals surface area (Å²) in [6, 6.07) is 4.71. The highest BCUT2D eigenvalue weighted by Crippen LogP contribution is 2.24. The van der Waals surface area contributed by atoms with E-state index < -0.39 is 15.7 Å². The highest BCUT2D eigenvalue weighted by molar-refractivity contribution is 7.91. The molecular weight excluding hydrogens is 233 g/mol. The molecule has 0 amide bonds. The molecule has 0 atom stereocenters. The van der Waals surface area contributed by atoms with E-state index in [1.165, 1.54) is 12.1 Å². The van der Waals surface area contributed by atoms with Crippen molar-refractivity contribution in [2.45, 2.75) is 9.79 Å². The number of anilines is 1. The summed E-state index contributed by atoms with van der Waals surface area (Å²) >= 11 is 0. The molecular formula is C9H8FN3O2S. The van der Waals surface area contributed by atoms with Gasteiger partial charge in [0.15, 0.2) is 0 Å². The first-order chi connectivity index (χ1) is 7.51. The Hall–Kier alpha value is -1.89. The predicted octanol–water partition coefficient (Wildman–Crippen LogP) is 0.964. The molecule has 1 aromatic carbocycles. The number of benzene rings is 1. The number of H-pyrrole nitrogens is 1. The molecule has 1 aromatic heterocycles. The zero-order valence-electron chi connectivity index (χ0n) is 8.01. The van der Waals surface area contributed by atoms with Gasteiger partial charge in [-0.25, -0.2) is 12.8 Å². The summed E-state index contributed by atoms with van der Waals surface area (Å²) in [5.41, 5.74) is 5.41. The van der Waals surface area contributed by atoms with E-state index in [4.69, 9.17) is 5.73 Å². The Labute approximate surface area is 91.0 Å². The molecule has 2 aromatic rings. The van der Waals surface area contributed by atoms with Crippen LogP contribution in [0.2, 0.25) is 0 Å². The van der Waals surface area contributed by atoms with Crippen molar-refractivity contribution < 1.29 is 12.8 Å². The highest BCUT2D eigenvalue weighted by Gasteiger charge is 2.22. The lowest BCUT2D eigenvalue weighted by Gasteiger charge is -2.02. The van der Waals surface area contributed by atoms with Gasteiger partial charge in [-0.1, -0.05) is 6.07 Å². The Bertz CT molecular complexity index is 621. The van der Waals surface area contributed by atoms with Crippen LogP contribution in [0, 0.1) is 5.82 Å². The summed E-state index contributed by atoms with van der Waals surface area (Å²) in [6.07, 6.45) is 1.09. The van der Waals surface area contributed by atoms with Gasteiger partial charge in [0.2, 0.25) is 9.84 Å². The second-order valence-electron chi connectivity index (χ2n) is 3.11. The Kier molecular flexibility index (Phi) is 2.39. The number of halogens is 1. The van der Waals surface area contributed by atoms with Gasteiger partial charge in [-0.2, -0.15) is 5.10 Å². The van der Waals surface area contributed by atoms with Crippen LogP contribution in [0.1, 0.15) is 0 Å². The number of aromatic amines is 1. The minimum absolute atomic E-state index is 0.0655. The summed E-state index contributed by atoms with van der Waals surface area (Å²) in [7, 11) is -3.81. The lowest BCUT2D eigenvalue weighted by atomic mass is 10.4. The molecule has 0 aliphatic carbocycles. The van der Waals surface area contributed by atoms with Crippen molar-refractivity contribution in [3.8, 4) is 0 Å². The lowest BCUT2D eigenvalue weighted by molar-refractivity contribution is 0.591. The van der Waals surface area contributed by atoms with Crippen molar-refractivity contribution in [3.63, 3.8) is 0 Å². The average molecular weight is 241 g/mol. The van der Waals surface area contributed by atoms with Crippen LogP contribution in [0.5, 0.6) is 0 Å². The van der Waals surface area contributed by atoms with Crippen LogP contribution in [0.3, 0.4) is 0 Å². The van der Waals surface area contributed by atoms with Crippen molar-refractivity contribution in [1.29, 1.82) is 0 Å². The van der Waals surface area contributed by atoms with E-state index in [9.17, 15) is 12.8 Å². The van der Waals surface area contributed by atoms with E-state index in [2.05, 4.69) is 10.2 Å². The van der Waals surface area contributed by atoms with E-state index in [0.717, 1.165) is 18.3 Å². The van der Waals surface area contributed by atoms with Gasteiger partial charge in [-0.3, -0.25) is 5.10 Å². The van der Waals surface area contributed by atoms with Crippen LogP contribution < -0.4 is 5.73 Å². The third kappa shape index (κ3) is 1.65. The lowest BCUT2D eigenvalue weighted by Crippen LogP contribution is -2.04. The summed E-state index contributed by atoms with van der Waals surface area (Å²) < 4.78 is 36.8. The summed E-state index contributed by atoms with van der Waals surface area (Å²) in [4.78, 5) is -0.307. The van der Waals surface area contributed by atoms with Crippen LogP contribution in [-0.2, 0) is 9.84 Å². The van der Waals surface area contributed by atoms with Gasteiger partial charge in [0.1, 0.15) is 16.5 Å². The van der Waals surface area contributed by atoms with Crippen LogP contribution in [0.25, 0.3) is 0 Å². The van der Waals surface area contributed by atoms with Crippen molar-refractivity contribution in [2.24, 2.45) is 0 Å². The number of hydrogen-bond donors (Lipinski definition) is 2. The molecule has 0 saturated carbocycles. The second-order valence-corrected chi connectivity index (χ2v) is 5.03. The molecule has 0 aliphatic heterocycles. The smallest absolute Gasteiger partial charge is 0.211 e. The van der Waals surface area contributed by atoms with Crippen LogP contribution >= 0.6 is 0 Å². The SMILES string of the molecule is Nc1[nH]ncc1S(=O)(=O)c1cccc(F)c1. The maximum absolute atomic E-state index is 12.9. The average Bonchev–Trinajstić information content (AvgIpc) is 2.65. The summed E-state index contributed by atoms with van der Waals surface area (Å²) in [5.74, 6) is -0.688. The number of nitrogens with two attached hydrogens (primary N) is 1. The molecule has 0 aliphatic rings. The Balaban J connectivity index is 2.61. The molecule has 0 bridgehead atoms. The van der Waals surface area contributed by atoms with E-state index in [0.29, 0.717) is 0 Å². The maximum Gasteiger partial charge on any atom is 0.211 e. The number of rotatable bonds is 2. The molecule has 16 heavy (non-hydrogen) atoms. The number of nitrogens with zero attached hydrogens (tertiary/aromatic N) is 1. The molecule has 2 rings (SSSR count). The van der Waals surface area contributed by atoms with Gasteiger partial charge >= 0.3 is 0 Å². The third-order valence-corrected chi connectivity index (χ3v) is 3.81. The number of nitrogens with one attached hydrogen (secondary N) is 1. The molecule has 3 N–H and O–H groups in total. The fourth-order valence-corrected chi connectivity index (χ4v) is 2.57. The topological polar surface area (TPSA) is 88.8 Å². The standard InChI is InChI=1S/C9H8FN3O2S/c10-6-2-1-3-7(4-6)16(14,15)8-5-12-13-9(8)11/h1-5H,(H3,11,12,13). The molecule has 0 radical (unpaired) electrons. The van der Waals surface area contributed by atoms with E-state index in [1.54, 1.807) is 0 Å². The second kappa shape index (κ2) is 3.60. The molecule has 0 spiro atoms. The van der Waals surface area contributed by atoms with Crippen LogP contribution in [-0.4, -0.2) is 18.6 Å². The first-order valence-electron chi connectivity index (χ1n) is 4.31. The first-order valence-corrected chi connectivity index (χ1v) is 5.79. The molecule has 1 heterocycles. The maximum atomic E-state index is 12.9. The zero-order chi connectivity index (χ0) is 11.8. The number of sulfone groups is 1. The third-order valence-electron chi connectivity index (χ3n) is 2.03. The van der Waals surface area contributed by atoms with Crippen LogP contribution in [0.4, 0.5) is 10.2 Å². The van der Waals surface area contributed by atoms with Gasteiger partial charge < -0.3 is 5.73 Å². The zero-order valence-corrected chi connectivity index (χ0v) is 8.83. The van der Waals surface area contributed by atoms with E-state index in [1.807, 2.05) is 0 Å². The minimum Gasteiger partial charge on any atom is -0.383 e. The largest absolute Gasteiger partial charge is 0.383 e. The molecule has 5 nitrogen and oxygen atoms in total. The van der Waals surface area contributed by atoms with Gasteiger partial charge in [-0.15, -0.1) is 0 Å². The van der Waals surface area contributed by atoms with Crippen molar-refractivity contribution in [2.75, 3.05) is 5.73 Å². The van der Waals surface area contributed by atoms with E-state index in [-0.39, 0.29) is 15.6 Å². The first kappa shape index (κ1) is 10.6. The normalized spacial score (nSPS) is 11.6. The predicted molar refractivity (Wildman–Crippen MR) is 54.9 cm³/mol. The Morgan fingerprint density at radius 2 is 2.12 bits per heavy atom. The van der Waals surface area contributed by atoms with Gasteiger partial charge in [-0.05, 0) is 18.2 Å². The van der Waals surface area contributed by atoms with Gasteiger partial charge in [0.05, 0.1) is 11.1 Å². The molecule has 7 heteroatoms. The van der Waals surface area contributed by atoms with Gasteiger partial charge in [0, 0.05) is 0 Å². The fourth-order valence-electron chi connectivity index (χ4n) is 1.26. The van der Waals surface area contributed by atoms with Crippen LogP contribution in [0.15, 0.2) is 40.3 Å². The molecule has 0 saturated heterocycles. The Morgan fingerprint density at radius 1 is 1.38 bits per heavy atom. The molecule has 84 valence electrons. The summed E-state index contributed by atoms with van der Waals surface area (Å²) in [6.45, 7) is 0. The number of nitrogen functional groups attached to an aromatic ring is 1. The van der Waals surface area contributed by atoms with Crippen molar-refractivity contribution >= 4 is 15.7 Å². The monoisotopic (exact) mass is 241 g/mol. The molecule has 0 unspecified atom stereocenters.